The van der Waals surface area contributed by atoms with Gasteiger partial charge in [-0.15, -0.1) is 10.2 Å². The standard InChI is InChI=1S/C23H29N5O4/c1-14-7-6-8-18(9-14)30-13-20-15(2)32-26-21(20)23(29)28-11-17(10-27(4)5)19(12-28)22-25-24-16(3)31-22/h6-9,17,19H,10-13H2,1-5H3/t17-,19-/m0/s1. The number of hydrogen-bond acceptors (Lipinski definition) is 8. The molecule has 1 aromatic carbocycles. The molecule has 0 bridgehead atoms. The third-order valence-corrected chi connectivity index (χ3v) is 5.75. The van der Waals surface area contributed by atoms with Crippen LogP contribution in [0.5, 0.6) is 5.75 Å². The van der Waals surface area contributed by atoms with E-state index < -0.39 is 0 Å². The molecule has 2 aromatic heterocycles. The average molecular weight is 440 g/mol. The van der Waals surface area contributed by atoms with Crippen LogP contribution in [0.2, 0.25) is 0 Å². The number of benzene rings is 1. The van der Waals surface area contributed by atoms with Crippen molar-refractivity contribution in [1.82, 2.24) is 25.2 Å². The van der Waals surface area contributed by atoms with E-state index in [1.807, 2.05) is 45.3 Å². The maximum atomic E-state index is 13.4. The van der Waals surface area contributed by atoms with Crippen LogP contribution in [-0.2, 0) is 6.61 Å². The topological polar surface area (TPSA) is 97.7 Å². The largest absolute Gasteiger partial charge is 0.489 e. The van der Waals surface area contributed by atoms with Gasteiger partial charge in [0.2, 0.25) is 11.8 Å². The van der Waals surface area contributed by atoms with E-state index in [0.717, 1.165) is 17.9 Å². The molecule has 9 heteroatoms. The van der Waals surface area contributed by atoms with Gasteiger partial charge in [0.05, 0.1) is 11.5 Å². The third-order valence-electron chi connectivity index (χ3n) is 5.75. The lowest BCUT2D eigenvalue weighted by molar-refractivity contribution is 0.0771. The van der Waals surface area contributed by atoms with Crippen molar-refractivity contribution in [2.75, 3.05) is 33.7 Å². The minimum atomic E-state index is -0.174. The molecule has 0 radical (unpaired) electrons. The summed E-state index contributed by atoms with van der Waals surface area (Å²) in [5.74, 6) is 2.39. The summed E-state index contributed by atoms with van der Waals surface area (Å²) in [5, 5.41) is 12.3. The average Bonchev–Trinajstić information content (AvgIpc) is 3.44. The molecule has 1 aliphatic heterocycles. The van der Waals surface area contributed by atoms with Crippen LogP contribution in [0.4, 0.5) is 0 Å². The van der Waals surface area contributed by atoms with Gasteiger partial charge in [0.1, 0.15) is 18.1 Å². The van der Waals surface area contributed by atoms with Gasteiger partial charge in [-0.25, -0.2) is 0 Å². The van der Waals surface area contributed by atoms with E-state index >= 15 is 0 Å². The van der Waals surface area contributed by atoms with E-state index in [-0.39, 0.29) is 24.3 Å². The second-order valence-corrected chi connectivity index (χ2v) is 8.67. The smallest absolute Gasteiger partial charge is 0.276 e. The number of amides is 1. The van der Waals surface area contributed by atoms with Crippen molar-refractivity contribution < 1.29 is 18.5 Å². The molecule has 170 valence electrons. The fraction of sp³-hybridized carbons (Fsp3) is 0.478. The summed E-state index contributed by atoms with van der Waals surface area (Å²) in [5.41, 5.74) is 2.06. The van der Waals surface area contributed by atoms with Crippen LogP contribution in [-0.4, -0.2) is 64.8 Å². The number of aromatic nitrogens is 3. The Morgan fingerprint density at radius 2 is 2.03 bits per heavy atom. The summed E-state index contributed by atoms with van der Waals surface area (Å²) >= 11 is 0. The molecule has 0 unspecified atom stereocenters. The van der Waals surface area contributed by atoms with Gasteiger partial charge in [-0.2, -0.15) is 0 Å². The fourth-order valence-corrected chi connectivity index (χ4v) is 4.17. The molecule has 1 fully saturated rings. The van der Waals surface area contributed by atoms with Gasteiger partial charge in [0.15, 0.2) is 5.69 Å². The molecular formula is C23H29N5O4. The molecular weight excluding hydrogens is 410 g/mol. The lowest BCUT2D eigenvalue weighted by Gasteiger charge is -2.19. The van der Waals surface area contributed by atoms with Crippen LogP contribution in [0, 0.1) is 26.7 Å². The summed E-state index contributed by atoms with van der Waals surface area (Å²) in [6.45, 7) is 7.65. The molecule has 0 aliphatic carbocycles. The molecule has 3 aromatic rings. The van der Waals surface area contributed by atoms with Crippen LogP contribution < -0.4 is 4.74 Å². The molecule has 9 nitrogen and oxygen atoms in total. The van der Waals surface area contributed by atoms with E-state index in [2.05, 4.69) is 20.3 Å². The Labute approximate surface area is 187 Å². The molecule has 1 saturated heterocycles. The first-order valence-electron chi connectivity index (χ1n) is 10.7. The first-order chi connectivity index (χ1) is 15.3. The van der Waals surface area contributed by atoms with Crippen LogP contribution in [0.25, 0.3) is 0 Å². The highest BCUT2D eigenvalue weighted by molar-refractivity contribution is 5.94. The number of carbonyl (C=O) groups is 1. The SMILES string of the molecule is Cc1cccc(OCc2c(C(=O)N3C[C@H](CN(C)C)[C@@H](c4nnc(C)o4)C3)noc2C)c1. The normalized spacial score (nSPS) is 18.5. The molecule has 2 atom stereocenters. The number of nitrogens with zero attached hydrogens (tertiary/aromatic N) is 5. The van der Waals surface area contributed by atoms with Gasteiger partial charge >= 0.3 is 0 Å². The highest BCUT2D eigenvalue weighted by atomic mass is 16.5. The van der Waals surface area contributed by atoms with Crippen molar-refractivity contribution in [2.45, 2.75) is 33.3 Å². The van der Waals surface area contributed by atoms with Gasteiger partial charge in [-0.3, -0.25) is 4.79 Å². The predicted molar refractivity (Wildman–Crippen MR) is 116 cm³/mol. The highest BCUT2D eigenvalue weighted by Crippen LogP contribution is 2.33. The lowest BCUT2D eigenvalue weighted by atomic mass is 9.96. The minimum Gasteiger partial charge on any atom is -0.489 e. The summed E-state index contributed by atoms with van der Waals surface area (Å²) in [4.78, 5) is 17.3. The predicted octanol–water partition coefficient (Wildman–Crippen LogP) is 2.98. The van der Waals surface area contributed by atoms with Gasteiger partial charge in [0.25, 0.3) is 5.91 Å². The zero-order valence-electron chi connectivity index (χ0n) is 19.2. The van der Waals surface area contributed by atoms with Crippen LogP contribution in [0.3, 0.4) is 0 Å². The number of likely N-dealkylation sites (tertiary alicyclic amines) is 1. The van der Waals surface area contributed by atoms with E-state index in [0.29, 0.717) is 41.9 Å². The fourth-order valence-electron chi connectivity index (χ4n) is 4.17. The van der Waals surface area contributed by atoms with Crippen molar-refractivity contribution in [2.24, 2.45) is 5.92 Å². The minimum absolute atomic E-state index is 0.0254. The van der Waals surface area contributed by atoms with Crippen molar-refractivity contribution >= 4 is 5.91 Å². The second kappa shape index (κ2) is 9.12. The zero-order chi connectivity index (χ0) is 22.8. The van der Waals surface area contributed by atoms with Crippen LogP contribution >= 0.6 is 0 Å². The van der Waals surface area contributed by atoms with E-state index in [4.69, 9.17) is 13.7 Å². The summed E-state index contributed by atoms with van der Waals surface area (Å²) in [7, 11) is 4.03. The van der Waals surface area contributed by atoms with E-state index in [9.17, 15) is 4.79 Å². The monoisotopic (exact) mass is 439 g/mol. The van der Waals surface area contributed by atoms with Crippen LogP contribution in [0.1, 0.15) is 45.1 Å². The number of carbonyl (C=O) groups excluding carboxylic acids is 1. The number of hydrogen-bond donors (Lipinski definition) is 0. The third kappa shape index (κ3) is 4.67. The highest BCUT2D eigenvalue weighted by Gasteiger charge is 2.41. The van der Waals surface area contributed by atoms with Gasteiger partial charge < -0.3 is 23.5 Å². The van der Waals surface area contributed by atoms with E-state index in [1.54, 1.807) is 18.7 Å². The van der Waals surface area contributed by atoms with Gasteiger partial charge in [-0.05, 0) is 45.6 Å². The summed E-state index contributed by atoms with van der Waals surface area (Å²) < 4.78 is 17.0. The Morgan fingerprint density at radius 3 is 2.72 bits per heavy atom. The Morgan fingerprint density at radius 1 is 1.22 bits per heavy atom. The quantitative estimate of drug-likeness (QED) is 0.554. The Bertz CT molecular complexity index is 1090. The van der Waals surface area contributed by atoms with Crippen molar-refractivity contribution in [3.8, 4) is 5.75 Å². The zero-order valence-corrected chi connectivity index (χ0v) is 19.2. The summed E-state index contributed by atoms with van der Waals surface area (Å²) in [6, 6.07) is 7.78. The van der Waals surface area contributed by atoms with Gasteiger partial charge in [0, 0.05) is 32.5 Å². The number of rotatable bonds is 7. The number of ether oxygens (including phenoxy) is 1. The van der Waals surface area contributed by atoms with Crippen molar-refractivity contribution in [3.63, 3.8) is 0 Å². The van der Waals surface area contributed by atoms with Crippen LogP contribution in [0.15, 0.2) is 33.2 Å². The Kier molecular flexibility index (Phi) is 6.27. The summed E-state index contributed by atoms with van der Waals surface area (Å²) in [6.07, 6.45) is 0. The first kappa shape index (κ1) is 22.0. The second-order valence-electron chi connectivity index (χ2n) is 8.67. The first-order valence-corrected chi connectivity index (χ1v) is 10.7. The molecule has 0 N–H and O–H groups in total. The maximum absolute atomic E-state index is 13.4. The Hall–Kier alpha value is -3.20. The maximum Gasteiger partial charge on any atom is 0.276 e. The molecule has 3 heterocycles. The van der Waals surface area contributed by atoms with E-state index in [1.165, 1.54) is 0 Å². The molecule has 1 aliphatic rings. The molecule has 0 saturated carbocycles. The molecule has 0 spiro atoms. The Balaban J connectivity index is 1.52. The molecule has 32 heavy (non-hydrogen) atoms. The van der Waals surface area contributed by atoms with Crippen molar-refractivity contribution in [3.05, 3.63) is 58.6 Å². The lowest BCUT2D eigenvalue weighted by Crippen LogP contribution is -2.31. The molecule has 4 rings (SSSR count). The molecule has 1 amide bonds. The number of aryl methyl sites for hydroxylation is 3. The van der Waals surface area contributed by atoms with Gasteiger partial charge in [-0.1, -0.05) is 17.3 Å². The van der Waals surface area contributed by atoms with Crippen molar-refractivity contribution in [1.29, 1.82) is 0 Å².